The minimum Gasteiger partial charge on any atom is -0.486 e. The Bertz CT molecular complexity index is 555. The zero-order valence-corrected chi connectivity index (χ0v) is 13.1. The number of hydrogen-bond acceptors (Lipinski definition) is 4. The molecule has 0 bridgehead atoms. The van der Waals surface area contributed by atoms with Gasteiger partial charge in [-0.15, -0.1) is 0 Å². The van der Waals surface area contributed by atoms with E-state index in [1.165, 1.54) is 0 Å². The number of rotatable bonds is 3. The summed E-state index contributed by atoms with van der Waals surface area (Å²) < 4.78 is 12.1. The summed E-state index contributed by atoms with van der Waals surface area (Å²) in [5.74, 6) is 6.54. The molecule has 1 aliphatic heterocycles. The van der Waals surface area contributed by atoms with Crippen LogP contribution in [0.1, 0.15) is 46.1 Å². The predicted octanol–water partition coefficient (Wildman–Crippen LogP) is 2.54. The van der Waals surface area contributed by atoms with Crippen molar-refractivity contribution in [1.82, 2.24) is 4.98 Å². The van der Waals surface area contributed by atoms with E-state index in [9.17, 15) is 0 Å². The summed E-state index contributed by atoms with van der Waals surface area (Å²) in [5.41, 5.74) is 0.277. The fraction of sp³-hybridized carbons (Fsp3) is 0.588. The normalized spacial score (nSPS) is 22.4. The van der Waals surface area contributed by atoms with E-state index in [2.05, 4.69) is 30.7 Å². The lowest BCUT2D eigenvalue weighted by atomic mass is 9.97. The topological polar surface area (TPSA) is 51.6 Å². The SMILES string of the molecule is CC1(C)CC(Oc2cncc(C#CCCO)c2)C(C)(C)O1. The number of nitrogens with zero attached hydrogens (tertiary/aromatic N) is 1. The lowest BCUT2D eigenvalue weighted by molar-refractivity contribution is -0.0846. The quantitative estimate of drug-likeness (QED) is 0.869. The molecule has 1 aromatic rings. The molecule has 1 fully saturated rings. The number of aliphatic hydroxyl groups is 1. The minimum absolute atomic E-state index is 0.0186. The van der Waals surface area contributed by atoms with Crippen LogP contribution in [0.3, 0.4) is 0 Å². The van der Waals surface area contributed by atoms with E-state index in [-0.39, 0.29) is 23.9 Å². The average Bonchev–Trinajstić information content (AvgIpc) is 2.58. The van der Waals surface area contributed by atoms with E-state index in [4.69, 9.17) is 14.6 Å². The maximum Gasteiger partial charge on any atom is 0.139 e. The molecule has 0 saturated carbocycles. The number of aromatic nitrogens is 1. The Morgan fingerprint density at radius 3 is 2.76 bits per heavy atom. The van der Waals surface area contributed by atoms with Gasteiger partial charge in [0.2, 0.25) is 0 Å². The first kappa shape index (κ1) is 15.8. The van der Waals surface area contributed by atoms with Crippen molar-refractivity contribution in [2.24, 2.45) is 0 Å². The van der Waals surface area contributed by atoms with Crippen LogP contribution in [0.2, 0.25) is 0 Å². The van der Waals surface area contributed by atoms with Gasteiger partial charge in [0.1, 0.15) is 17.5 Å². The molecule has 0 spiro atoms. The van der Waals surface area contributed by atoms with E-state index >= 15 is 0 Å². The third-order valence-electron chi connectivity index (χ3n) is 3.45. The third-order valence-corrected chi connectivity index (χ3v) is 3.45. The summed E-state index contributed by atoms with van der Waals surface area (Å²) in [6.07, 6.45) is 4.66. The van der Waals surface area contributed by atoms with Crippen LogP contribution in [0.15, 0.2) is 18.5 Å². The van der Waals surface area contributed by atoms with Gasteiger partial charge in [0.25, 0.3) is 0 Å². The summed E-state index contributed by atoms with van der Waals surface area (Å²) in [6.45, 7) is 8.31. The highest BCUT2D eigenvalue weighted by Crippen LogP contribution is 2.39. The summed E-state index contributed by atoms with van der Waals surface area (Å²) in [7, 11) is 0. The van der Waals surface area contributed by atoms with Crippen LogP contribution in [-0.2, 0) is 4.74 Å². The monoisotopic (exact) mass is 289 g/mol. The van der Waals surface area contributed by atoms with E-state index in [1.807, 2.05) is 19.9 Å². The standard InChI is InChI=1S/C17H23NO3/c1-16(2)10-15(17(3,4)21-16)20-14-9-13(11-18-12-14)7-5-6-8-19/h9,11-12,15,19H,6,8,10H2,1-4H3. The lowest BCUT2D eigenvalue weighted by Gasteiger charge is -2.27. The molecule has 1 saturated heterocycles. The first-order valence-corrected chi connectivity index (χ1v) is 7.24. The maximum atomic E-state index is 8.74. The van der Waals surface area contributed by atoms with Crippen LogP contribution >= 0.6 is 0 Å². The second-order valence-electron chi connectivity index (χ2n) is 6.46. The van der Waals surface area contributed by atoms with Gasteiger partial charge < -0.3 is 14.6 Å². The Labute approximate surface area is 126 Å². The molecular formula is C17H23NO3. The van der Waals surface area contributed by atoms with Crippen LogP contribution in [0.4, 0.5) is 0 Å². The van der Waals surface area contributed by atoms with Crippen LogP contribution in [0.5, 0.6) is 5.75 Å². The van der Waals surface area contributed by atoms with Crippen molar-refractivity contribution >= 4 is 0 Å². The fourth-order valence-electron chi connectivity index (χ4n) is 2.63. The van der Waals surface area contributed by atoms with E-state index in [1.54, 1.807) is 12.4 Å². The van der Waals surface area contributed by atoms with Gasteiger partial charge in [-0.3, -0.25) is 4.98 Å². The summed E-state index contributed by atoms with van der Waals surface area (Å²) in [6, 6.07) is 1.87. The molecular weight excluding hydrogens is 266 g/mol. The van der Waals surface area contributed by atoms with E-state index < -0.39 is 0 Å². The van der Waals surface area contributed by atoms with Gasteiger partial charge in [0.05, 0.1) is 18.4 Å². The molecule has 1 unspecified atom stereocenters. The molecule has 1 atom stereocenters. The van der Waals surface area contributed by atoms with Gasteiger partial charge in [-0.2, -0.15) is 0 Å². The fourth-order valence-corrected chi connectivity index (χ4v) is 2.63. The Balaban J connectivity index is 2.10. The van der Waals surface area contributed by atoms with Gasteiger partial charge in [-0.05, 0) is 33.8 Å². The first-order valence-electron chi connectivity index (χ1n) is 7.24. The highest BCUT2D eigenvalue weighted by Gasteiger charge is 2.47. The zero-order valence-electron chi connectivity index (χ0n) is 13.1. The highest BCUT2D eigenvalue weighted by atomic mass is 16.6. The first-order chi connectivity index (χ1) is 9.82. The number of aliphatic hydroxyl groups excluding tert-OH is 1. The van der Waals surface area contributed by atoms with Crippen LogP contribution in [-0.4, -0.2) is 34.0 Å². The lowest BCUT2D eigenvalue weighted by Crippen LogP contribution is -2.36. The number of hydrogen-bond donors (Lipinski definition) is 1. The van der Waals surface area contributed by atoms with Gasteiger partial charge in [0.15, 0.2) is 0 Å². The van der Waals surface area contributed by atoms with Crippen molar-refractivity contribution in [1.29, 1.82) is 0 Å². The van der Waals surface area contributed by atoms with Crippen molar-refractivity contribution in [3.05, 3.63) is 24.0 Å². The largest absolute Gasteiger partial charge is 0.486 e. The average molecular weight is 289 g/mol. The summed E-state index contributed by atoms with van der Waals surface area (Å²) in [4.78, 5) is 4.16. The van der Waals surface area contributed by atoms with Crippen molar-refractivity contribution in [2.45, 2.75) is 57.8 Å². The Kier molecular flexibility index (Phi) is 4.55. The van der Waals surface area contributed by atoms with Gasteiger partial charge in [-0.1, -0.05) is 11.8 Å². The van der Waals surface area contributed by atoms with Gasteiger partial charge in [-0.25, -0.2) is 0 Å². The molecule has 0 aromatic carbocycles. The molecule has 4 nitrogen and oxygen atoms in total. The summed E-state index contributed by atoms with van der Waals surface area (Å²) >= 11 is 0. The van der Waals surface area contributed by atoms with E-state index in [0.717, 1.165) is 12.0 Å². The minimum atomic E-state index is -0.331. The zero-order chi connectivity index (χ0) is 15.5. The Hall–Kier alpha value is -1.57. The Morgan fingerprint density at radius 1 is 1.38 bits per heavy atom. The maximum absolute atomic E-state index is 8.74. The molecule has 0 amide bonds. The van der Waals surface area contributed by atoms with E-state index in [0.29, 0.717) is 12.2 Å². The number of pyridine rings is 1. The highest BCUT2D eigenvalue weighted by molar-refractivity contribution is 5.37. The molecule has 4 heteroatoms. The molecule has 2 heterocycles. The molecule has 0 radical (unpaired) electrons. The van der Waals surface area contributed by atoms with Crippen LogP contribution in [0.25, 0.3) is 0 Å². The molecule has 2 rings (SSSR count). The molecule has 1 aromatic heterocycles. The second-order valence-corrected chi connectivity index (χ2v) is 6.46. The Morgan fingerprint density at radius 2 is 2.14 bits per heavy atom. The van der Waals surface area contributed by atoms with Crippen LogP contribution < -0.4 is 4.74 Å². The van der Waals surface area contributed by atoms with Crippen molar-refractivity contribution in [2.75, 3.05) is 6.61 Å². The third kappa shape index (κ3) is 4.20. The molecule has 1 aliphatic rings. The molecule has 0 aliphatic carbocycles. The smallest absolute Gasteiger partial charge is 0.139 e. The van der Waals surface area contributed by atoms with Crippen LogP contribution in [0, 0.1) is 11.8 Å². The molecule has 114 valence electrons. The van der Waals surface area contributed by atoms with Gasteiger partial charge in [0, 0.05) is 24.6 Å². The van der Waals surface area contributed by atoms with Gasteiger partial charge >= 0.3 is 0 Å². The number of ether oxygens (including phenoxy) is 2. The second kappa shape index (κ2) is 6.05. The van der Waals surface area contributed by atoms with Crippen molar-refractivity contribution < 1.29 is 14.6 Å². The van der Waals surface area contributed by atoms with Crippen molar-refractivity contribution in [3.63, 3.8) is 0 Å². The summed E-state index contributed by atoms with van der Waals surface area (Å²) in [5, 5.41) is 8.74. The molecule has 21 heavy (non-hydrogen) atoms. The predicted molar refractivity (Wildman–Crippen MR) is 81.1 cm³/mol. The van der Waals surface area contributed by atoms with Crippen molar-refractivity contribution in [3.8, 4) is 17.6 Å². The molecule has 1 N–H and O–H groups in total.